The van der Waals surface area contributed by atoms with E-state index in [-0.39, 0.29) is 17.9 Å². The molecule has 1 aromatic rings. The third-order valence-corrected chi connectivity index (χ3v) is 3.14. The summed E-state index contributed by atoms with van der Waals surface area (Å²) < 4.78 is 5.33. The number of aliphatic imine (C=N–C) groups is 1. The number of rotatable bonds is 5. The second-order valence-electron chi connectivity index (χ2n) is 4.69. The van der Waals surface area contributed by atoms with Gasteiger partial charge in [-0.25, -0.2) is 0 Å². The van der Waals surface area contributed by atoms with Crippen molar-refractivity contribution in [2.45, 2.75) is 25.7 Å². The van der Waals surface area contributed by atoms with Crippen molar-refractivity contribution < 1.29 is 24.5 Å². The van der Waals surface area contributed by atoms with Crippen molar-refractivity contribution in [3.05, 3.63) is 47.7 Å². The molecule has 1 unspecified atom stereocenters. The summed E-state index contributed by atoms with van der Waals surface area (Å²) in [5.74, 6) is -4.17. The zero-order valence-electron chi connectivity index (χ0n) is 11.4. The number of hydrogen-bond acceptors (Lipinski definition) is 5. The van der Waals surface area contributed by atoms with Crippen molar-refractivity contribution in [3.63, 3.8) is 0 Å². The summed E-state index contributed by atoms with van der Waals surface area (Å²) in [6.45, 7) is 1.47. The zero-order chi connectivity index (χ0) is 15.5. The summed E-state index contributed by atoms with van der Waals surface area (Å²) in [7, 11) is 0. The van der Waals surface area contributed by atoms with E-state index in [1.165, 1.54) is 6.92 Å². The molecule has 6 heteroatoms. The lowest BCUT2D eigenvalue weighted by molar-refractivity contribution is -0.177. The van der Waals surface area contributed by atoms with Gasteiger partial charge in [0.2, 0.25) is 5.78 Å². The first-order valence-corrected chi connectivity index (χ1v) is 6.34. The van der Waals surface area contributed by atoms with Gasteiger partial charge in [0.05, 0.1) is 18.7 Å². The van der Waals surface area contributed by atoms with Crippen molar-refractivity contribution >= 4 is 17.5 Å². The first kappa shape index (κ1) is 15.1. The van der Waals surface area contributed by atoms with E-state index in [9.17, 15) is 14.7 Å². The fourth-order valence-electron chi connectivity index (χ4n) is 1.92. The molecule has 1 aliphatic rings. The molecule has 21 heavy (non-hydrogen) atoms. The lowest BCUT2D eigenvalue weighted by Gasteiger charge is -2.29. The van der Waals surface area contributed by atoms with Crippen LogP contribution in [0.5, 0.6) is 0 Å². The fourth-order valence-corrected chi connectivity index (χ4v) is 1.92. The molecule has 0 saturated carbocycles. The highest BCUT2D eigenvalue weighted by molar-refractivity contribution is 6.19. The zero-order valence-corrected chi connectivity index (χ0v) is 11.4. The molecular weight excluding hydrogens is 274 g/mol. The van der Waals surface area contributed by atoms with Crippen LogP contribution in [0.4, 0.5) is 0 Å². The predicted molar refractivity (Wildman–Crippen MR) is 74.6 cm³/mol. The van der Waals surface area contributed by atoms with Gasteiger partial charge >= 0.3 is 5.97 Å². The number of benzene rings is 1. The van der Waals surface area contributed by atoms with Gasteiger partial charge in [-0.3, -0.25) is 14.6 Å². The number of nitrogens with zero attached hydrogens (tertiary/aromatic N) is 1. The molecule has 2 rings (SSSR count). The number of carbonyl (C=O) groups excluding carboxylic acids is 1. The van der Waals surface area contributed by atoms with E-state index in [1.807, 2.05) is 18.2 Å². The van der Waals surface area contributed by atoms with Crippen molar-refractivity contribution in [3.8, 4) is 0 Å². The second-order valence-corrected chi connectivity index (χ2v) is 4.69. The van der Waals surface area contributed by atoms with Gasteiger partial charge in [-0.1, -0.05) is 30.3 Å². The Morgan fingerprint density at radius 2 is 2.00 bits per heavy atom. The Balaban J connectivity index is 2.17. The third-order valence-electron chi connectivity index (χ3n) is 3.14. The van der Waals surface area contributed by atoms with Gasteiger partial charge in [0, 0.05) is 11.8 Å². The van der Waals surface area contributed by atoms with Gasteiger partial charge in [0.25, 0.3) is 5.79 Å². The highest BCUT2D eigenvalue weighted by Crippen LogP contribution is 2.24. The molecule has 0 aromatic heterocycles. The molecule has 0 saturated heterocycles. The van der Waals surface area contributed by atoms with E-state index < -0.39 is 24.0 Å². The summed E-state index contributed by atoms with van der Waals surface area (Å²) in [6.07, 6.45) is 0.652. The van der Waals surface area contributed by atoms with Gasteiger partial charge in [0.15, 0.2) is 0 Å². The predicted octanol–water partition coefficient (Wildman–Crippen LogP) is 1.29. The minimum absolute atomic E-state index is 0.0102. The van der Waals surface area contributed by atoms with Gasteiger partial charge in [-0.15, -0.1) is 0 Å². The first-order chi connectivity index (χ1) is 9.93. The molecule has 6 nitrogen and oxygen atoms in total. The van der Waals surface area contributed by atoms with Crippen LogP contribution in [0.15, 0.2) is 47.1 Å². The lowest BCUT2D eigenvalue weighted by atomic mass is 9.95. The molecule has 1 aromatic carbocycles. The Morgan fingerprint density at radius 3 is 2.62 bits per heavy atom. The van der Waals surface area contributed by atoms with Gasteiger partial charge in [0.1, 0.15) is 0 Å². The minimum Gasteiger partial charge on any atom is -0.481 e. The fraction of sp³-hybridized carbons (Fsp3) is 0.267. The topological polar surface area (TPSA) is 96.2 Å². The maximum atomic E-state index is 12.2. The quantitative estimate of drug-likeness (QED) is 0.796. The Hall–Kier alpha value is -2.31. The SMILES string of the molecule is CC1=NC=C(CC(=O)O)C(=O)C1(O)OCc1ccccc1. The largest absolute Gasteiger partial charge is 0.481 e. The summed E-state index contributed by atoms with van der Waals surface area (Å²) in [6, 6.07) is 9.03. The summed E-state index contributed by atoms with van der Waals surface area (Å²) in [5.41, 5.74) is 0.766. The molecule has 0 bridgehead atoms. The number of ether oxygens (including phenoxy) is 1. The number of Topliss-reactive ketones (excluding diaryl/α,β-unsaturated/α-hetero) is 1. The molecule has 0 fully saturated rings. The number of carboxylic acids is 1. The molecule has 1 atom stereocenters. The molecular formula is C15H15NO5. The number of aliphatic carboxylic acids is 1. The maximum absolute atomic E-state index is 12.2. The van der Waals surface area contributed by atoms with Crippen LogP contribution in [0.1, 0.15) is 18.9 Å². The van der Waals surface area contributed by atoms with E-state index >= 15 is 0 Å². The Labute approximate surface area is 121 Å². The molecule has 2 N–H and O–H groups in total. The van der Waals surface area contributed by atoms with Gasteiger partial charge in [-0.2, -0.15) is 0 Å². The smallest absolute Gasteiger partial charge is 0.308 e. The number of aliphatic hydroxyl groups is 1. The Morgan fingerprint density at radius 1 is 1.33 bits per heavy atom. The maximum Gasteiger partial charge on any atom is 0.308 e. The molecule has 1 heterocycles. The van der Waals surface area contributed by atoms with E-state index in [0.717, 1.165) is 11.8 Å². The van der Waals surface area contributed by atoms with Crippen LogP contribution in [0.25, 0.3) is 0 Å². The summed E-state index contributed by atoms with van der Waals surface area (Å²) in [4.78, 5) is 26.8. The average Bonchev–Trinajstić information content (AvgIpc) is 2.47. The van der Waals surface area contributed by atoms with Crippen LogP contribution in [0.3, 0.4) is 0 Å². The molecule has 1 aliphatic heterocycles. The summed E-state index contributed by atoms with van der Waals surface area (Å²) >= 11 is 0. The van der Waals surface area contributed by atoms with Crippen LogP contribution in [-0.2, 0) is 20.9 Å². The summed E-state index contributed by atoms with van der Waals surface area (Å²) in [5, 5.41) is 19.2. The lowest BCUT2D eigenvalue weighted by Crippen LogP contribution is -2.50. The van der Waals surface area contributed by atoms with Crippen LogP contribution in [-0.4, -0.2) is 33.5 Å². The Kier molecular flexibility index (Phi) is 4.30. The van der Waals surface area contributed by atoms with Crippen molar-refractivity contribution in [2.75, 3.05) is 0 Å². The van der Waals surface area contributed by atoms with Crippen LogP contribution < -0.4 is 0 Å². The number of carbonyl (C=O) groups is 2. The van der Waals surface area contributed by atoms with Crippen LogP contribution in [0, 0.1) is 0 Å². The molecule has 0 aliphatic carbocycles. The van der Waals surface area contributed by atoms with Crippen molar-refractivity contribution in [2.24, 2.45) is 4.99 Å². The first-order valence-electron chi connectivity index (χ1n) is 6.34. The van der Waals surface area contributed by atoms with Crippen molar-refractivity contribution in [1.29, 1.82) is 0 Å². The van der Waals surface area contributed by atoms with E-state index in [2.05, 4.69) is 4.99 Å². The van der Waals surface area contributed by atoms with Gasteiger partial charge < -0.3 is 14.9 Å². The van der Waals surface area contributed by atoms with Crippen molar-refractivity contribution in [1.82, 2.24) is 0 Å². The number of carboxylic acid groups (broad SMARTS) is 1. The van der Waals surface area contributed by atoms with Gasteiger partial charge in [-0.05, 0) is 12.5 Å². The van der Waals surface area contributed by atoms with E-state index in [1.54, 1.807) is 12.1 Å². The average molecular weight is 289 g/mol. The minimum atomic E-state index is -2.21. The molecule has 0 radical (unpaired) electrons. The monoisotopic (exact) mass is 289 g/mol. The molecule has 0 spiro atoms. The van der Waals surface area contributed by atoms with Crippen LogP contribution >= 0.6 is 0 Å². The number of hydrogen-bond donors (Lipinski definition) is 2. The van der Waals surface area contributed by atoms with E-state index in [4.69, 9.17) is 9.84 Å². The third kappa shape index (κ3) is 3.24. The molecule has 110 valence electrons. The normalized spacial score (nSPS) is 21.7. The highest BCUT2D eigenvalue weighted by Gasteiger charge is 2.44. The highest BCUT2D eigenvalue weighted by atomic mass is 16.6. The standard InChI is InChI=1S/C15H15NO5/c1-10-15(20,21-9-11-5-3-2-4-6-11)14(19)12(8-16-10)7-13(17)18/h2-6,8,20H,7,9H2,1H3,(H,17,18). The Bertz CT molecular complexity index is 620. The number of ketones is 1. The second kappa shape index (κ2) is 5.99. The van der Waals surface area contributed by atoms with E-state index in [0.29, 0.717) is 0 Å². The van der Waals surface area contributed by atoms with Crippen LogP contribution in [0.2, 0.25) is 0 Å². The molecule has 0 amide bonds.